The van der Waals surface area contributed by atoms with Gasteiger partial charge in [0, 0.05) is 25.7 Å². The van der Waals surface area contributed by atoms with Gasteiger partial charge >= 0.3 is 39.5 Å². The molecule has 17 nitrogen and oxygen atoms in total. The SMILES string of the molecule is CCCCCCCCCCCCCCCCCCCCCC(=O)O[C@H](COC(=O)CCCCCCCCCCCCCCC(C)C)COP(=O)(O)OC[C@@H](O)COP(=O)(O)OC[C@@H](COC(=O)CCCCCCCCCCCC)OC(=O)CCCCCCCCCCCCC. The number of carbonyl (C=O) groups is 4. The number of ether oxygens (including phenoxy) is 4. The Morgan fingerprint density at radius 3 is 0.716 bits per heavy atom. The van der Waals surface area contributed by atoms with Crippen molar-refractivity contribution in [3.05, 3.63) is 0 Å². The van der Waals surface area contributed by atoms with E-state index < -0.39 is 97.5 Å². The number of carbonyl (C=O) groups excluding carboxylic acids is 4. The van der Waals surface area contributed by atoms with Crippen LogP contribution in [-0.2, 0) is 65.4 Å². The Kier molecular flexibility index (Phi) is 67.7. The number of aliphatic hydroxyl groups is 1. The van der Waals surface area contributed by atoms with Gasteiger partial charge in [-0.1, -0.05) is 349 Å². The van der Waals surface area contributed by atoms with Gasteiger partial charge in [-0.15, -0.1) is 0 Å². The molecule has 0 rings (SSSR count). The molecule has 95 heavy (non-hydrogen) atoms. The van der Waals surface area contributed by atoms with Crippen LogP contribution in [0.2, 0.25) is 0 Å². The molecule has 0 aromatic rings. The minimum atomic E-state index is -4.96. The number of rotatable bonds is 76. The van der Waals surface area contributed by atoms with Crippen molar-refractivity contribution in [2.45, 2.75) is 419 Å². The topological polar surface area (TPSA) is 237 Å². The zero-order chi connectivity index (χ0) is 69.8. The van der Waals surface area contributed by atoms with Crippen molar-refractivity contribution in [2.75, 3.05) is 39.6 Å². The number of phosphoric ester groups is 2. The van der Waals surface area contributed by atoms with Crippen molar-refractivity contribution in [1.29, 1.82) is 0 Å². The Hall–Kier alpha value is -1.94. The first-order valence-electron chi connectivity index (χ1n) is 39.6. The van der Waals surface area contributed by atoms with Crippen LogP contribution in [0.4, 0.5) is 0 Å². The van der Waals surface area contributed by atoms with Gasteiger partial charge in [0.25, 0.3) is 0 Å². The third-order valence-corrected chi connectivity index (χ3v) is 19.7. The third-order valence-electron chi connectivity index (χ3n) is 17.8. The Labute approximate surface area is 581 Å². The molecular weight excluding hydrogens is 1250 g/mol. The van der Waals surface area contributed by atoms with E-state index in [1.165, 1.54) is 225 Å². The molecule has 2 unspecified atom stereocenters. The van der Waals surface area contributed by atoms with Crippen LogP contribution in [0.1, 0.15) is 401 Å². The van der Waals surface area contributed by atoms with E-state index in [9.17, 15) is 43.2 Å². The molecule has 0 aliphatic carbocycles. The minimum absolute atomic E-state index is 0.107. The van der Waals surface area contributed by atoms with Gasteiger partial charge in [0.15, 0.2) is 12.2 Å². The number of unbranched alkanes of at least 4 members (excludes halogenated alkanes) is 48. The molecule has 0 radical (unpaired) electrons. The Morgan fingerprint density at radius 1 is 0.284 bits per heavy atom. The maximum atomic E-state index is 13.1. The lowest BCUT2D eigenvalue weighted by Gasteiger charge is -2.21. The second-order valence-electron chi connectivity index (χ2n) is 27.9. The summed E-state index contributed by atoms with van der Waals surface area (Å²) in [6, 6.07) is 0. The van der Waals surface area contributed by atoms with Crippen molar-refractivity contribution in [3.8, 4) is 0 Å². The highest BCUT2D eigenvalue weighted by Crippen LogP contribution is 2.45. The van der Waals surface area contributed by atoms with Crippen LogP contribution in [0.25, 0.3) is 0 Å². The summed E-state index contributed by atoms with van der Waals surface area (Å²) in [4.78, 5) is 72.8. The van der Waals surface area contributed by atoms with Crippen LogP contribution in [0, 0.1) is 5.92 Å². The molecule has 0 heterocycles. The number of phosphoric acid groups is 2. The molecular formula is C76H148O17P2. The van der Waals surface area contributed by atoms with Crippen molar-refractivity contribution < 1.29 is 80.2 Å². The molecule has 0 bridgehead atoms. The lowest BCUT2D eigenvalue weighted by molar-refractivity contribution is -0.161. The van der Waals surface area contributed by atoms with Crippen LogP contribution in [0.5, 0.6) is 0 Å². The number of hydrogen-bond acceptors (Lipinski definition) is 15. The average Bonchev–Trinajstić information content (AvgIpc) is 1.40. The molecule has 0 aromatic heterocycles. The summed E-state index contributed by atoms with van der Waals surface area (Å²) in [7, 11) is -9.91. The van der Waals surface area contributed by atoms with Gasteiger partial charge in [0.1, 0.15) is 19.3 Å². The van der Waals surface area contributed by atoms with Crippen LogP contribution in [-0.4, -0.2) is 96.7 Å². The highest BCUT2D eigenvalue weighted by Gasteiger charge is 2.30. The number of hydrogen-bond donors (Lipinski definition) is 3. The highest BCUT2D eigenvalue weighted by molar-refractivity contribution is 7.47. The van der Waals surface area contributed by atoms with E-state index in [2.05, 4.69) is 34.6 Å². The van der Waals surface area contributed by atoms with Crippen LogP contribution in [0.3, 0.4) is 0 Å². The van der Waals surface area contributed by atoms with Gasteiger partial charge in [-0.2, -0.15) is 0 Å². The standard InChI is InChI=1S/C76H148O17P2/c1-6-9-12-15-18-21-24-25-26-27-28-29-30-31-37-42-47-52-57-62-76(81)93-72(66-87-74(79)60-55-50-45-40-36-33-32-35-38-43-48-53-58-69(4)5)68-91-95(84,85)89-64-70(77)63-88-94(82,83)90-67-71(65-86-73(78)59-54-49-44-39-23-20-17-14-11-8-3)92-75(80)61-56-51-46-41-34-22-19-16-13-10-7-2/h69-72,77H,6-68H2,1-5H3,(H,82,83)(H,84,85)/t70-,71+,72+/m0/s1. The summed E-state index contributed by atoms with van der Waals surface area (Å²) in [6.45, 7) is 7.29. The van der Waals surface area contributed by atoms with Crippen molar-refractivity contribution >= 4 is 39.5 Å². The molecule has 5 atom stereocenters. The van der Waals surface area contributed by atoms with Crippen LogP contribution < -0.4 is 0 Å². The summed E-state index contributed by atoms with van der Waals surface area (Å²) in [5.74, 6) is -1.33. The lowest BCUT2D eigenvalue weighted by atomic mass is 10.0. The van der Waals surface area contributed by atoms with Gasteiger partial charge < -0.3 is 33.8 Å². The largest absolute Gasteiger partial charge is 0.472 e. The molecule has 0 saturated heterocycles. The van der Waals surface area contributed by atoms with E-state index in [0.717, 1.165) is 95.8 Å². The summed E-state index contributed by atoms with van der Waals surface area (Å²) < 4.78 is 68.5. The Morgan fingerprint density at radius 2 is 0.484 bits per heavy atom. The molecule has 0 aliphatic heterocycles. The smallest absolute Gasteiger partial charge is 0.462 e. The van der Waals surface area contributed by atoms with Crippen LogP contribution >= 0.6 is 15.6 Å². The first-order valence-corrected chi connectivity index (χ1v) is 42.6. The van der Waals surface area contributed by atoms with E-state index in [4.69, 9.17) is 37.0 Å². The van der Waals surface area contributed by atoms with E-state index in [1.54, 1.807) is 0 Å². The average molecular weight is 1400 g/mol. The predicted molar refractivity (Wildman–Crippen MR) is 386 cm³/mol. The number of esters is 4. The molecule has 564 valence electrons. The minimum Gasteiger partial charge on any atom is -0.462 e. The van der Waals surface area contributed by atoms with Crippen LogP contribution in [0.15, 0.2) is 0 Å². The monoisotopic (exact) mass is 1400 g/mol. The summed E-state index contributed by atoms with van der Waals surface area (Å²) in [5, 5.41) is 10.6. The molecule has 0 saturated carbocycles. The fraction of sp³-hybridized carbons (Fsp3) is 0.947. The maximum Gasteiger partial charge on any atom is 0.472 e. The molecule has 0 aliphatic rings. The lowest BCUT2D eigenvalue weighted by Crippen LogP contribution is -2.30. The molecule has 0 aromatic carbocycles. The van der Waals surface area contributed by atoms with Crippen molar-refractivity contribution in [1.82, 2.24) is 0 Å². The van der Waals surface area contributed by atoms with Gasteiger partial charge in [0.2, 0.25) is 0 Å². The van der Waals surface area contributed by atoms with E-state index in [0.29, 0.717) is 25.7 Å². The summed E-state index contributed by atoms with van der Waals surface area (Å²) >= 11 is 0. The highest BCUT2D eigenvalue weighted by atomic mass is 31.2. The zero-order valence-electron chi connectivity index (χ0n) is 61.8. The first kappa shape index (κ1) is 93.1. The Balaban J connectivity index is 5.22. The van der Waals surface area contributed by atoms with Gasteiger partial charge in [-0.05, 0) is 31.6 Å². The Bertz CT molecular complexity index is 1820. The van der Waals surface area contributed by atoms with Crippen molar-refractivity contribution in [3.63, 3.8) is 0 Å². The van der Waals surface area contributed by atoms with E-state index >= 15 is 0 Å². The van der Waals surface area contributed by atoms with Gasteiger partial charge in [-0.3, -0.25) is 37.3 Å². The summed E-state index contributed by atoms with van der Waals surface area (Å²) in [5.41, 5.74) is 0. The zero-order valence-corrected chi connectivity index (χ0v) is 63.6. The van der Waals surface area contributed by atoms with Gasteiger partial charge in [0.05, 0.1) is 26.4 Å². The molecule has 0 spiro atoms. The molecule has 3 N–H and O–H groups in total. The molecule has 0 amide bonds. The number of aliphatic hydroxyl groups excluding tert-OH is 1. The first-order chi connectivity index (χ1) is 46.0. The fourth-order valence-corrected chi connectivity index (χ4v) is 13.3. The second kappa shape index (κ2) is 69.2. The van der Waals surface area contributed by atoms with Crippen molar-refractivity contribution in [2.24, 2.45) is 5.92 Å². The molecule has 0 fully saturated rings. The maximum absolute atomic E-state index is 13.1. The molecule has 19 heteroatoms. The second-order valence-corrected chi connectivity index (χ2v) is 30.8. The van der Waals surface area contributed by atoms with E-state index in [1.807, 2.05) is 0 Å². The third kappa shape index (κ3) is 70.3. The predicted octanol–water partition coefficient (Wildman–Crippen LogP) is 22.5. The quantitative estimate of drug-likeness (QED) is 0.0222. The van der Waals surface area contributed by atoms with Gasteiger partial charge in [-0.25, -0.2) is 9.13 Å². The van der Waals surface area contributed by atoms with E-state index in [-0.39, 0.29) is 25.7 Å². The summed E-state index contributed by atoms with van der Waals surface area (Å²) in [6.07, 6.45) is 58.2. The fourth-order valence-electron chi connectivity index (χ4n) is 11.7. The normalized spacial score (nSPS) is 13.9.